The van der Waals surface area contributed by atoms with Gasteiger partial charge in [-0.2, -0.15) is 0 Å². The molecule has 136 valence electrons. The summed E-state index contributed by atoms with van der Waals surface area (Å²) in [6, 6.07) is 19.8. The summed E-state index contributed by atoms with van der Waals surface area (Å²) in [6.45, 7) is 3.94. The molecule has 3 rings (SSSR count). The first-order valence-corrected chi connectivity index (χ1v) is 8.93. The molecule has 0 amide bonds. The monoisotopic (exact) mass is 358 g/mol. The van der Waals surface area contributed by atoms with Crippen molar-refractivity contribution in [2.45, 2.75) is 26.7 Å². The van der Waals surface area contributed by atoms with Crippen molar-refractivity contribution in [3.63, 3.8) is 0 Å². The third-order valence-electron chi connectivity index (χ3n) is 4.61. The molecule has 1 N–H and O–H groups in total. The molecule has 0 atom stereocenters. The van der Waals surface area contributed by atoms with Crippen LogP contribution in [0.25, 0.3) is 0 Å². The van der Waals surface area contributed by atoms with Gasteiger partial charge in [0, 0.05) is 29.5 Å². The van der Waals surface area contributed by atoms with Crippen LogP contribution < -0.4 is 0 Å². The van der Waals surface area contributed by atoms with E-state index in [2.05, 4.69) is 0 Å². The number of carbonyl (C=O) groups excluding carboxylic acids is 2. The minimum atomic E-state index is -0.0627. The van der Waals surface area contributed by atoms with Crippen molar-refractivity contribution in [1.82, 2.24) is 0 Å². The Hall–Kier alpha value is -3.20. The zero-order valence-corrected chi connectivity index (χ0v) is 15.5. The lowest BCUT2D eigenvalue weighted by Crippen LogP contribution is -2.06. The number of phenols is 1. The summed E-state index contributed by atoms with van der Waals surface area (Å²) in [5.41, 5.74) is 4.78. The van der Waals surface area contributed by atoms with E-state index in [1.54, 1.807) is 30.3 Å². The number of phenolic OH excluding ortho intramolecular Hbond substituents is 1. The van der Waals surface area contributed by atoms with E-state index in [0.29, 0.717) is 16.7 Å². The standard InChI is InChI=1S/C24H22O3/c1-16-3-8-19(9-4-16)23(26)14-18-7-12-22(25)21(13-18)15-24(27)20-10-5-17(2)6-11-20/h3-13,25H,14-15H2,1-2H3. The van der Waals surface area contributed by atoms with Crippen LogP contribution in [-0.2, 0) is 12.8 Å². The van der Waals surface area contributed by atoms with Crippen LogP contribution in [0.2, 0.25) is 0 Å². The normalized spacial score (nSPS) is 10.6. The van der Waals surface area contributed by atoms with Gasteiger partial charge in [0.1, 0.15) is 5.75 Å². The molecular weight excluding hydrogens is 336 g/mol. The molecule has 3 heteroatoms. The molecule has 3 aromatic rings. The van der Waals surface area contributed by atoms with Crippen molar-refractivity contribution in [1.29, 1.82) is 0 Å². The average molecular weight is 358 g/mol. The third kappa shape index (κ3) is 4.70. The van der Waals surface area contributed by atoms with E-state index in [1.165, 1.54) is 0 Å². The second kappa shape index (κ2) is 8.00. The largest absolute Gasteiger partial charge is 0.508 e. The number of hydrogen-bond donors (Lipinski definition) is 1. The van der Waals surface area contributed by atoms with Gasteiger partial charge in [0.2, 0.25) is 0 Å². The molecule has 0 fully saturated rings. The Morgan fingerprint density at radius 1 is 0.704 bits per heavy atom. The molecule has 0 aliphatic carbocycles. The van der Waals surface area contributed by atoms with Crippen LogP contribution in [0.4, 0.5) is 0 Å². The van der Waals surface area contributed by atoms with Gasteiger partial charge in [0.05, 0.1) is 0 Å². The lowest BCUT2D eigenvalue weighted by molar-refractivity contribution is 0.0986. The van der Waals surface area contributed by atoms with Gasteiger partial charge in [-0.25, -0.2) is 0 Å². The van der Waals surface area contributed by atoms with E-state index in [1.807, 2.05) is 50.2 Å². The third-order valence-corrected chi connectivity index (χ3v) is 4.61. The Kier molecular flexibility index (Phi) is 5.51. The number of aryl methyl sites for hydroxylation is 2. The van der Waals surface area contributed by atoms with Crippen molar-refractivity contribution in [3.8, 4) is 5.75 Å². The highest BCUT2D eigenvalue weighted by atomic mass is 16.3. The van der Waals surface area contributed by atoms with Gasteiger partial charge < -0.3 is 5.11 Å². The molecule has 0 heterocycles. The van der Waals surface area contributed by atoms with Crippen LogP contribution in [0.1, 0.15) is 43.0 Å². The van der Waals surface area contributed by atoms with Crippen LogP contribution in [0, 0.1) is 13.8 Å². The number of aromatic hydroxyl groups is 1. The van der Waals surface area contributed by atoms with Gasteiger partial charge in [-0.1, -0.05) is 71.8 Å². The van der Waals surface area contributed by atoms with Gasteiger partial charge in [-0.15, -0.1) is 0 Å². The first-order valence-electron chi connectivity index (χ1n) is 8.93. The van der Waals surface area contributed by atoms with Crippen LogP contribution in [0.5, 0.6) is 5.75 Å². The highest BCUT2D eigenvalue weighted by Gasteiger charge is 2.13. The summed E-state index contributed by atoms with van der Waals surface area (Å²) in [7, 11) is 0. The number of Topliss-reactive ketones (excluding diaryl/α,β-unsaturated/α-hetero) is 2. The molecule has 27 heavy (non-hydrogen) atoms. The maximum absolute atomic E-state index is 12.5. The predicted octanol–water partition coefficient (Wildman–Crippen LogP) is 4.86. The fourth-order valence-electron chi connectivity index (χ4n) is 2.93. The molecule has 0 radical (unpaired) electrons. The van der Waals surface area contributed by atoms with Crippen LogP contribution >= 0.6 is 0 Å². The molecule has 0 unspecified atom stereocenters. The second-order valence-electron chi connectivity index (χ2n) is 6.90. The maximum atomic E-state index is 12.5. The van der Waals surface area contributed by atoms with Crippen molar-refractivity contribution >= 4 is 11.6 Å². The molecular formula is C24H22O3. The molecule has 0 bridgehead atoms. The Labute approximate surface area is 159 Å². The van der Waals surface area contributed by atoms with Crippen LogP contribution in [0.3, 0.4) is 0 Å². The molecule has 3 nitrogen and oxygen atoms in total. The van der Waals surface area contributed by atoms with E-state index < -0.39 is 0 Å². The number of rotatable bonds is 6. The summed E-state index contributed by atoms with van der Waals surface area (Å²) in [4.78, 5) is 25.0. The topological polar surface area (TPSA) is 54.4 Å². The lowest BCUT2D eigenvalue weighted by Gasteiger charge is -2.08. The summed E-state index contributed by atoms with van der Waals surface area (Å²) in [6.07, 6.45) is 0.330. The highest BCUT2D eigenvalue weighted by molar-refractivity contribution is 5.98. The molecule has 0 aromatic heterocycles. The molecule has 0 spiro atoms. The molecule has 0 aliphatic heterocycles. The molecule has 0 aliphatic rings. The van der Waals surface area contributed by atoms with E-state index in [9.17, 15) is 14.7 Å². The van der Waals surface area contributed by atoms with Gasteiger partial charge in [0.25, 0.3) is 0 Å². The Balaban J connectivity index is 1.75. The maximum Gasteiger partial charge on any atom is 0.167 e. The Morgan fingerprint density at radius 3 is 1.70 bits per heavy atom. The molecule has 3 aromatic carbocycles. The smallest absolute Gasteiger partial charge is 0.167 e. The van der Waals surface area contributed by atoms with Gasteiger partial charge in [-0.05, 0) is 25.5 Å². The number of carbonyl (C=O) groups is 2. The molecule has 0 saturated heterocycles. The Morgan fingerprint density at radius 2 is 1.19 bits per heavy atom. The van der Waals surface area contributed by atoms with Gasteiger partial charge >= 0.3 is 0 Å². The first kappa shape index (κ1) is 18.6. The second-order valence-corrected chi connectivity index (χ2v) is 6.90. The van der Waals surface area contributed by atoms with Gasteiger partial charge in [-0.3, -0.25) is 9.59 Å². The highest BCUT2D eigenvalue weighted by Crippen LogP contribution is 2.22. The lowest BCUT2D eigenvalue weighted by atomic mass is 9.97. The number of benzene rings is 3. The summed E-state index contributed by atoms with van der Waals surface area (Å²) >= 11 is 0. The number of ketones is 2. The Bertz CT molecular complexity index is 968. The van der Waals surface area contributed by atoms with Crippen molar-refractivity contribution in [3.05, 3.63) is 100 Å². The summed E-state index contributed by atoms with van der Waals surface area (Å²) < 4.78 is 0. The summed E-state index contributed by atoms with van der Waals surface area (Å²) in [5, 5.41) is 10.1. The van der Waals surface area contributed by atoms with E-state index >= 15 is 0 Å². The van der Waals surface area contributed by atoms with Gasteiger partial charge in [0.15, 0.2) is 11.6 Å². The quantitative estimate of drug-likeness (QED) is 0.640. The van der Waals surface area contributed by atoms with Crippen molar-refractivity contribution in [2.24, 2.45) is 0 Å². The molecule has 0 saturated carbocycles. The zero-order valence-electron chi connectivity index (χ0n) is 15.5. The number of hydrogen-bond acceptors (Lipinski definition) is 3. The van der Waals surface area contributed by atoms with E-state index in [4.69, 9.17) is 0 Å². The van der Waals surface area contributed by atoms with Crippen molar-refractivity contribution in [2.75, 3.05) is 0 Å². The minimum Gasteiger partial charge on any atom is -0.508 e. The fourth-order valence-corrected chi connectivity index (χ4v) is 2.93. The van der Waals surface area contributed by atoms with E-state index in [-0.39, 0.29) is 30.2 Å². The average Bonchev–Trinajstić information content (AvgIpc) is 2.65. The van der Waals surface area contributed by atoms with Crippen molar-refractivity contribution < 1.29 is 14.7 Å². The first-order chi connectivity index (χ1) is 12.9. The van der Waals surface area contributed by atoms with Crippen LogP contribution in [-0.4, -0.2) is 16.7 Å². The summed E-state index contributed by atoms with van der Waals surface area (Å²) in [5.74, 6) is 0.0193. The van der Waals surface area contributed by atoms with Crippen LogP contribution in [0.15, 0.2) is 66.7 Å². The minimum absolute atomic E-state index is 0.0106. The predicted molar refractivity (Wildman–Crippen MR) is 107 cm³/mol. The SMILES string of the molecule is Cc1ccc(C(=O)Cc2ccc(O)c(CC(=O)c3ccc(C)cc3)c2)cc1. The fraction of sp³-hybridized carbons (Fsp3) is 0.167. The zero-order chi connectivity index (χ0) is 19.4. The van der Waals surface area contributed by atoms with E-state index in [0.717, 1.165) is 16.7 Å².